The molecular weight excluding hydrogens is 262 g/mol. The summed E-state index contributed by atoms with van der Waals surface area (Å²) < 4.78 is 0. The van der Waals surface area contributed by atoms with Gasteiger partial charge < -0.3 is 21.9 Å². The van der Waals surface area contributed by atoms with Crippen LogP contribution in [-0.2, 0) is 4.79 Å². The molecule has 7 heteroatoms. The Hall–Kier alpha value is -2.57. The third-order valence-corrected chi connectivity index (χ3v) is 2.71. The Morgan fingerprint density at radius 1 is 1.15 bits per heavy atom. The summed E-state index contributed by atoms with van der Waals surface area (Å²) in [6, 6.07) is 4.16. The summed E-state index contributed by atoms with van der Waals surface area (Å²) in [6.45, 7) is 1.80. The highest BCUT2D eigenvalue weighted by molar-refractivity contribution is 5.99. The molecule has 0 fully saturated rings. The summed E-state index contributed by atoms with van der Waals surface area (Å²) >= 11 is 0. The average Bonchev–Trinajstić information content (AvgIpc) is 2.35. The molecule has 0 radical (unpaired) electrons. The third kappa shape index (κ3) is 4.60. The fraction of sp³-hybridized carbons (Fsp3) is 0.308. The van der Waals surface area contributed by atoms with E-state index in [2.05, 4.69) is 5.32 Å². The number of carbonyl (C=O) groups is 3. The lowest BCUT2D eigenvalue weighted by Gasteiger charge is -2.15. The molecule has 1 atom stereocenters. The number of primary amides is 2. The van der Waals surface area contributed by atoms with Crippen molar-refractivity contribution >= 4 is 23.5 Å². The molecule has 0 saturated heterocycles. The van der Waals surface area contributed by atoms with Crippen LogP contribution < -0.4 is 16.8 Å². The van der Waals surface area contributed by atoms with Gasteiger partial charge in [-0.15, -0.1) is 0 Å². The monoisotopic (exact) mass is 279 g/mol. The van der Waals surface area contributed by atoms with Crippen LogP contribution in [-0.4, -0.2) is 28.9 Å². The van der Waals surface area contributed by atoms with E-state index in [1.54, 1.807) is 6.92 Å². The molecule has 20 heavy (non-hydrogen) atoms. The van der Waals surface area contributed by atoms with Gasteiger partial charge in [-0.1, -0.05) is 0 Å². The van der Waals surface area contributed by atoms with Gasteiger partial charge >= 0.3 is 5.97 Å². The largest absolute Gasteiger partial charge is 0.481 e. The second kappa shape index (κ2) is 6.55. The molecule has 0 spiro atoms. The van der Waals surface area contributed by atoms with Crippen molar-refractivity contribution in [2.75, 3.05) is 5.32 Å². The molecule has 1 unspecified atom stereocenters. The molecule has 0 heterocycles. The molecule has 1 aromatic carbocycles. The number of carboxylic acid groups (broad SMARTS) is 1. The fourth-order valence-electron chi connectivity index (χ4n) is 1.69. The summed E-state index contributed by atoms with van der Waals surface area (Å²) in [5.41, 5.74) is 11.2. The van der Waals surface area contributed by atoms with Crippen LogP contribution in [0.3, 0.4) is 0 Å². The van der Waals surface area contributed by atoms with E-state index < -0.39 is 17.8 Å². The normalized spacial score (nSPS) is 11.7. The summed E-state index contributed by atoms with van der Waals surface area (Å²) in [5, 5.41) is 11.6. The Kier molecular flexibility index (Phi) is 5.08. The second-order valence-corrected chi connectivity index (χ2v) is 4.51. The maximum Gasteiger partial charge on any atom is 0.303 e. The van der Waals surface area contributed by atoms with E-state index >= 15 is 0 Å². The van der Waals surface area contributed by atoms with Crippen LogP contribution in [0.15, 0.2) is 18.2 Å². The maximum absolute atomic E-state index is 11.2. The number of nitrogens with two attached hydrogens (primary N) is 2. The number of aliphatic carboxylic acids is 1. The second-order valence-electron chi connectivity index (χ2n) is 4.51. The van der Waals surface area contributed by atoms with Gasteiger partial charge in [0.05, 0.1) is 0 Å². The van der Waals surface area contributed by atoms with Crippen LogP contribution in [0.2, 0.25) is 0 Å². The molecule has 2 amide bonds. The molecule has 0 bridgehead atoms. The standard InChI is InChI=1S/C13H17N3O4/c1-7(2-3-11(17)18)16-10-5-8(12(14)19)4-9(6-10)13(15)20/h4-7,16H,2-3H2,1H3,(H2,14,19)(H2,15,20)(H,17,18). The van der Waals surface area contributed by atoms with E-state index in [1.807, 2.05) is 0 Å². The molecule has 108 valence electrons. The molecular formula is C13H17N3O4. The van der Waals surface area contributed by atoms with Gasteiger partial charge in [0.25, 0.3) is 0 Å². The molecule has 7 nitrogen and oxygen atoms in total. The van der Waals surface area contributed by atoms with Gasteiger partial charge in [0, 0.05) is 29.3 Å². The van der Waals surface area contributed by atoms with Gasteiger partial charge in [-0.3, -0.25) is 14.4 Å². The summed E-state index contributed by atoms with van der Waals surface area (Å²) in [7, 11) is 0. The Morgan fingerprint density at radius 3 is 2.05 bits per heavy atom. The minimum absolute atomic E-state index is 0.0202. The topological polar surface area (TPSA) is 136 Å². The first kappa shape index (κ1) is 15.5. The zero-order valence-electron chi connectivity index (χ0n) is 11.1. The fourth-order valence-corrected chi connectivity index (χ4v) is 1.69. The van der Waals surface area contributed by atoms with Gasteiger partial charge in [0.2, 0.25) is 11.8 Å². The van der Waals surface area contributed by atoms with Crippen LogP contribution in [0.25, 0.3) is 0 Å². The predicted molar refractivity (Wildman–Crippen MR) is 73.4 cm³/mol. The predicted octanol–water partition coefficient (Wildman–Crippen LogP) is 0.550. The zero-order valence-corrected chi connectivity index (χ0v) is 11.1. The van der Waals surface area contributed by atoms with Crippen molar-refractivity contribution in [1.82, 2.24) is 0 Å². The first-order valence-electron chi connectivity index (χ1n) is 6.02. The Morgan fingerprint density at radius 2 is 1.65 bits per heavy atom. The third-order valence-electron chi connectivity index (χ3n) is 2.71. The van der Waals surface area contributed by atoms with E-state index in [0.717, 1.165) is 0 Å². The highest BCUT2D eigenvalue weighted by Gasteiger charge is 2.11. The van der Waals surface area contributed by atoms with Gasteiger partial charge in [0.1, 0.15) is 0 Å². The molecule has 0 aliphatic carbocycles. The van der Waals surface area contributed by atoms with Crippen LogP contribution in [0.5, 0.6) is 0 Å². The van der Waals surface area contributed by atoms with E-state index in [4.69, 9.17) is 16.6 Å². The van der Waals surface area contributed by atoms with Crippen LogP contribution in [0.4, 0.5) is 5.69 Å². The smallest absolute Gasteiger partial charge is 0.303 e. The average molecular weight is 279 g/mol. The van der Waals surface area contributed by atoms with Crippen LogP contribution >= 0.6 is 0 Å². The Labute approximate surface area is 115 Å². The van der Waals surface area contributed by atoms with Gasteiger partial charge in [-0.2, -0.15) is 0 Å². The molecule has 0 aromatic heterocycles. The number of anilines is 1. The summed E-state index contributed by atoms with van der Waals surface area (Å²) in [6.07, 6.45) is 0.425. The Bertz CT molecular complexity index is 510. The maximum atomic E-state index is 11.2. The van der Waals surface area contributed by atoms with Crippen molar-refractivity contribution in [3.8, 4) is 0 Å². The number of amides is 2. The van der Waals surface area contributed by atoms with Crippen LogP contribution in [0.1, 0.15) is 40.5 Å². The van der Waals surface area contributed by atoms with Gasteiger partial charge in [-0.25, -0.2) is 0 Å². The highest BCUT2D eigenvalue weighted by atomic mass is 16.4. The SMILES string of the molecule is CC(CCC(=O)O)Nc1cc(C(N)=O)cc(C(N)=O)c1. The van der Waals surface area contributed by atoms with Crippen LogP contribution in [0, 0.1) is 0 Å². The zero-order chi connectivity index (χ0) is 15.3. The number of hydrogen-bond acceptors (Lipinski definition) is 4. The number of benzene rings is 1. The van der Waals surface area contributed by atoms with E-state index in [0.29, 0.717) is 12.1 Å². The van der Waals surface area contributed by atoms with E-state index in [9.17, 15) is 14.4 Å². The lowest BCUT2D eigenvalue weighted by molar-refractivity contribution is -0.137. The molecule has 1 aromatic rings. The summed E-state index contributed by atoms with van der Waals surface area (Å²) in [4.78, 5) is 32.9. The van der Waals surface area contributed by atoms with E-state index in [1.165, 1.54) is 18.2 Å². The van der Waals surface area contributed by atoms with Gasteiger partial charge in [-0.05, 0) is 31.5 Å². The lowest BCUT2D eigenvalue weighted by atomic mass is 10.1. The highest BCUT2D eigenvalue weighted by Crippen LogP contribution is 2.17. The minimum atomic E-state index is -0.887. The number of nitrogens with one attached hydrogen (secondary N) is 1. The van der Waals surface area contributed by atoms with Crippen molar-refractivity contribution < 1.29 is 19.5 Å². The summed E-state index contributed by atoms with van der Waals surface area (Å²) in [5.74, 6) is -2.23. The van der Waals surface area contributed by atoms with Crippen molar-refractivity contribution in [1.29, 1.82) is 0 Å². The van der Waals surface area contributed by atoms with Crippen molar-refractivity contribution in [2.24, 2.45) is 11.5 Å². The molecule has 0 aliphatic heterocycles. The lowest BCUT2D eigenvalue weighted by Crippen LogP contribution is -2.19. The quantitative estimate of drug-likeness (QED) is 0.578. The molecule has 1 rings (SSSR count). The van der Waals surface area contributed by atoms with E-state index in [-0.39, 0.29) is 23.6 Å². The number of carboxylic acids is 1. The number of rotatable bonds is 7. The number of hydrogen-bond donors (Lipinski definition) is 4. The number of carbonyl (C=O) groups excluding carboxylic acids is 2. The van der Waals surface area contributed by atoms with Crippen molar-refractivity contribution in [3.63, 3.8) is 0 Å². The van der Waals surface area contributed by atoms with Crippen molar-refractivity contribution in [3.05, 3.63) is 29.3 Å². The van der Waals surface area contributed by atoms with Crippen molar-refractivity contribution in [2.45, 2.75) is 25.8 Å². The van der Waals surface area contributed by atoms with Gasteiger partial charge in [0.15, 0.2) is 0 Å². The first-order chi connectivity index (χ1) is 9.29. The molecule has 6 N–H and O–H groups in total. The first-order valence-corrected chi connectivity index (χ1v) is 6.02. The Balaban J connectivity index is 2.90. The minimum Gasteiger partial charge on any atom is -0.481 e. The molecule has 0 aliphatic rings. The molecule has 0 saturated carbocycles.